The second kappa shape index (κ2) is 4.11. The van der Waals surface area contributed by atoms with E-state index in [1.165, 1.54) is 0 Å². The van der Waals surface area contributed by atoms with Crippen LogP contribution >= 0.6 is 0 Å². The summed E-state index contributed by atoms with van der Waals surface area (Å²) in [5.41, 5.74) is -3.93. The molecule has 17 heavy (non-hydrogen) atoms. The molecule has 0 heterocycles. The van der Waals surface area contributed by atoms with Crippen LogP contribution in [0.15, 0.2) is 12.1 Å². The highest BCUT2D eigenvalue weighted by Crippen LogP contribution is 2.38. The molecule has 0 aromatic heterocycles. The molecule has 0 aliphatic rings. The van der Waals surface area contributed by atoms with Gasteiger partial charge in [-0.2, -0.15) is 13.2 Å². The van der Waals surface area contributed by atoms with E-state index in [2.05, 4.69) is 0 Å². The highest BCUT2D eigenvalue weighted by atomic mass is 19.4. The third-order valence-corrected chi connectivity index (χ3v) is 1.96. The molecule has 0 bridgehead atoms. The van der Waals surface area contributed by atoms with Gasteiger partial charge in [0, 0.05) is 11.6 Å². The van der Waals surface area contributed by atoms with Crippen molar-refractivity contribution in [1.29, 1.82) is 0 Å². The van der Waals surface area contributed by atoms with Crippen LogP contribution in [0.25, 0.3) is 0 Å². The Morgan fingerprint density at radius 3 is 2.24 bits per heavy atom. The molecule has 0 N–H and O–H groups in total. The van der Waals surface area contributed by atoms with Gasteiger partial charge in [0.15, 0.2) is 11.3 Å². The van der Waals surface area contributed by atoms with E-state index in [9.17, 15) is 32.5 Å². The number of alkyl halides is 3. The Morgan fingerprint density at radius 2 is 1.88 bits per heavy atom. The zero-order chi connectivity index (χ0) is 13.4. The number of nitro benzene ring substituents is 1. The maximum absolute atomic E-state index is 13.2. The van der Waals surface area contributed by atoms with Gasteiger partial charge in [-0.25, -0.2) is 4.39 Å². The normalized spacial score (nSPS) is 11.4. The van der Waals surface area contributed by atoms with E-state index >= 15 is 0 Å². The molecule has 0 amide bonds. The average molecular weight is 251 g/mol. The third kappa shape index (κ3) is 2.58. The van der Waals surface area contributed by atoms with Gasteiger partial charge in [-0.15, -0.1) is 0 Å². The molecule has 0 radical (unpaired) electrons. The first kappa shape index (κ1) is 13.1. The van der Waals surface area contributed by atoms with Crippen molar-refractivity contribution in [3.05, 3.63) is 39.2 Å². The number of nitrogens with zero attached hydrogens (tertiary/aromatic N) is 1. The zero-order valence-electron chi connectivity index (χ0n) is 8.34. The Labute approximate surface area is 92.0 Å². The Kier molecular flexibility index (Phi) is 3.16. The first-order chi connectivity index (χ1) is 7.64. The van der Waals surface area contributed by atoms with E-state index in [4.69, 9.17) is 0 Å². The lowest BCUT2D eigenvalue weighted by molar-refractivity contribution is -0.388. The number of halogens is 4. The molecule has 0 aliphatic carbocycles. The zero-order valence-corrected chi connectivity index (χ0v) is 8.34. The molecule has 92 valence electrons. The molecule has 1 aromatic carbocycles. The van der Waals surface area contributed by atoms with Crippen LogP contribution in [-0.2, 0) is 6.18 Å². The van der Waals surface area contributed by atoms with Crippen LogP contribution in [0.3, 0.4) is 0 Å². The SMILES string of the molecule is CC(=O)c1cc(F)c(C(F)(F)F)c([N+](=O)[O-])c1. The third-order valence-electron chi connectivity index (χ3n) is 1.96. The van der Waals surface area contributed by atoms with Gasteiger partial charge in [0.2, 0.25) is 0 Å². The molecule has 1 rings (SSSR count). The lowest BCUT2D eigenvalue weighted by atomic mass is 10.1. The van der Waals surface area contributed by atoms with Crippen LogP contribution in [-0.4, -0.2) is 10.7 Å². The number of benzene rings is 1. The van der Waals surface area contributed by atoms with E-state index in [0.717, 1.165) is 6.92 Å². The van der Waals surface area contributed by atoms with Crippen molar-refractivity contribution in [3.63, 3.8) is 0 Å². The minimum Gasteiger partial charge on any atom is -0.295 e. The van der Waals surface area contributed by atoms with Crippen molar-refractivity contribution in [2.75, 3.05) is 0 Å². The van der Waals surface area contributed by atoms with Gasteiger partial charge in [0.05, 0.1) is 4.92 Å². The molecule has 0 fully saturated rings. The van der Waals surface area contributed by atoms with Crippen molar-refractivity contribution >= 4 is 11.5 Å². The summed E-state index contributed by atoms with van der Waals surface area (Å²) in [6.07, 6.45) is -5.19. The van der Waals surface area contributed by atoms with Gasteiger partial charge in [-0.1, -0.05) is 0 Å². The van der Waals surface area contributed by atoms with E-state index in [1.807, 2.05) is 0 Å². The molecule has 0 spiro atoms. The van der Waals surface area contributed by atoms with Gasteiger partial charge in [-0.3, -0.25) is 14.9 Å². The summed E-state index contributed by atoms with van der Waals surface area (Å²) in [4.78, 5) is 19.9. The summed E-state index contributed by atoms with van der Waals surface area (Å²) in [5, 5.41) is 10.4. The number of hydrogen-bond donors (Lipinski definition) is 0. The Morgan fingerprint density at radius 1 is 1.35 bits per heavy atom. The molecule has 0 unspecified atom stereocenters. The minimum absolute atomic E-state index is 0.332. The second-order valence-corrected chi connectivity index (χ2v) is 3.16. The fourth-order valence-electron chi connectivity index (χ4n) is 1.22. The first-order valence-corrected chi connectivity index (χ1v) is 4.20. The van der Waals surface area contributed by atoms with Crippen molar-refractivity contribution in [2.24, 2.45) is 0 Å². The van der Waals surface area contributed by atoms with Crippen molar-refractivity contribution in [2.45, 2.75) is 13.1 Å². The second-order valence-electron chi connectivity index (χ2n) is 3.16. The first-order valence-electron chi connectivity index (χ1n) is 4.20. The fourth-order valence-corrected chi connectivity index (χ4v) is 1.22. The van der Waals surface area contributed by atoms with Gasteiger partial charge in [-0.05, 0) is 13.0 Å². The van der Waals surface area contributed by atoms with Crippen LogP contribution in [0.4, 0.5) is 23.2 Å². The molecule has 0 aliphatic heterocycles. The summed E-state index contributed by atoms with van der Waals surface area (Å²) in [6, 6.07) is 0.742. The number of Topliss-reactive ketones (excluding diaryl/α,β-unsaturated/α-hetero) is 1. The highest BCUT2D eigenvalue weighted by molar-refractivity contribution is 5.94. The number of carbonyl (C=O) groups excluding carboxylic acids is 1. The number of carbonyl (C=O) groups is 1. The highest BCUT2D eigenvalue weighted by Gasteiger charge is 2.42. The molecule has 4 nitrogen and oxygen atoms in total. The van der Waals surface area contributed by atoms with Crippen LogP contribution in [0.5, 0.6) is 0 Å². The Bertz CT molecular complexity index is 496. The smallest absolute Gasteiger partial charge is 0.295 e. The molecule has 1 aromatic rings. The molecule has 8 heteroatoms. The predicted octanol–water partition coefficient (Wildman–Crippen LogP) is 2.96. The van der Waals surface area contributed by atoms with Crippen LogP contribution < -0.4 is 0 Å². The van der Waals surface area contributed by atoms with Crippen LogP contribution in [0.1, 0.15) is 22.8 Å². The summed E-state index contributed by atoms with van der Waals surface area (Å²) in [5.74, 6) is -2.60. The minimum atomic E-state index is -5.19. The summed E-state index contributed by atoms with van der Waals surface area (Å²) >= 11 is 0. The standard InChI is InChI=1S/C9H5F4NO3/c1-4(15)5-2-6(10)8(9(11,12)13)7(3-5)14(16)17/h2-3H,1H3. The lowest BCUT2D eigenvalue weighted by Gasteiger charge is -2.09. The lowest BCUT2D eigenvalue weighted by Crippen LogP contribution is -2.13. The van der Waals surface area contributed by atoms with E-state index in [0.29, 0.717) is 12.1 Å². The average Bonchev–Trinajstić information content (AvgIpc) is 2.13. The van der Waals surface area contributed by atoms with Crippen molar-refractivity contribution < 1.29 is 27.3 Å². The number of hydrogen-bond acceptors (Lipinski definition) is 3. The van der Waals surface area contributed by atoms with Gasteiger partial charge >= 0.3 is 6.18 Å². The molecular formula is C9H5F4NO3. The number of ketones is 1. The molecule has 0 saturated heterocycles. The maximum Gasteiger partial charge on any atom is 0.425 e. The number of rotatable bonds is 2. The van der Waals surface area contributed by atoms with Crippen LogP contribution in [0, 0.1) is 15.9 Å². The largest absolute Gasteiger partial charge is 0.425 e. The summed E-state index contributed by atoms with van der Waals surface area (Å²) in [6.45, 7) is 0.964. The molecule has 0 saturated carbocycles. The predicted molar refractivity (Wildman–Crippen MR) is 48.1 cm³/mol. The van der Waals surface area contributed by atoms with Crippen LogP contribution in [0.2, 0.25) is 0 Å². The fraction of sp³-hybridized carbons (Fsp3) is 0.222. The molecular weight excluding hydrogens is 246 g/mol. The van der Waals surface area contributed by atoms with E-state index in [-0.39, 0.29) is 0 Å². The Balaban J connectivity index is 3.61. The van der Waals surface area contributed by atoms with Gasteiger partial charge < -0.3 is 0 Å². The van der Waals surface area contributed by atoms with E-state index in [1.54, 1.807) is 0 Å². The Hall–Kier alpha value is -1.99. The summed E-state index contributed by atoms with van der Waals surface area (Å²) in [7, 11) is 0. The molecule has 0 atom stereocenters. The quantitative estimate of drug-likeness (QED) is 0.351. The van der Waals surface area contributed by atoms with E-state index < -0.39 is 39.5 Å². The van der Waals surface area contributed by atoms with Gasteiger partial charge in [0.25, 0.3) is 5.69 Å². The topological polar surface area (TPSA) is 60.2 Å². The van der Waals surface area contributed by atoms with Gasteiger partial charge in [0.1, 0.15) is 5.82 Å². The number of nitro groups is 1. The summed E-state index contributed by atoms with van der Waals surface area (Å²) < 4.78 is 50.3. The van der Waals surface area contributed by atoms with Crippen molar-refractivity contribution in [3.8, 4) is 0 Å². The van der Waals surface area contributed by atoms with Crippen molar-refractivity contribution in [1.82, 2.24) is 0 Å². The monoisotopic (exact) mass is 251 g/mol. The maximum atomic E-state index is 13.2.